The lowest BCUT2D eigenvalue weighted by Crippen LogP contribution is -2.44. The van der Waals surface area contributed by atoms with E-state index in [9.17, 15) is 4.79 Å². The van der Waals surface area contributed by atoms with Crippen LogP contribution in [-0.4, -0.2) is 42.6 Å². The number of aromatic nitrogens is 2. The minimum absolute atomic E-state index is 0.189. The van der Waals surface area contributed by atoms with Crippen LogP contribution in [0.2, 0.25) is 0 Å². The van der Waals surface area contributed by atoms with Crippen molar-refractivity contribution in [3.8, 4) is 11.4 Å². The van der Waals surface area contributed by atoms with E-state index in [0.717, 1.165) is 44.0 Å². The third kappa shape index (κ3) is 3.33. The Bertz CT molecular complexity index is 825. The number of hydrogen-bond donors (Lipinski definition) is 1. The fourth-order valence-electron chi connectivity index (χ4n) is 3.49. The van der Waals surface area contributed by atoms with Crippen molar-refractivity contribution in [3.05, 3.63) is 46.9 Å². The van der Waals surface area contributed by atoms with Crippen LogP contribution in [0.3, 0.4) is 0 Å². The Morgan fingerprint density at radius 1 is 1.23 bits per heavy atom. The summed E-state index contributed by atoms with van der Waals surface area (Å²) in [5, 5.41) is 7.76. The maximum atomic E-state index is 13.2. The molecule has 26 heavy (non-hydrogen) atoms. The minimum Gasteiger partial charge on any atom is -0.486 e. The average Bonchev–Trinajstić information content (AvgIpc) is 3.28. The quantitative estimate of drug-likeness (QED) is 0.891. The fraction of sp³-hybridized carbons (Fsp3) is 0.500. The number of anilines is 1. The molecule has 1 saturated carbocycles. The summed E-state index contributed by atoms with van der Waals surface area (Å²) in [5.74, 6) is 0.935. The smallest absolute Gasteiger partial charge is 0.316 e. The van der Waals surface area contributed by atoms with Gasteiger partial charge in [0.05, 0.1) is 18.5 Å². The molecule has 1 N–H and O–H groups in total. The molecule has 2 aromatic rings. The van der Waals surface area contributed by atoms with Crippen molar-refractivity contribution in [2.24, 2.45) is 11.3 Å². The van der Waals surface area contributed by atoms with Gasteiger partial charge in [0.25, 0.3) is 0 Å². The zero-order chi connectivity index (χ0) is 18.1. The molecule has 2 fully saturated rings. The predicted octanol–water partition coefficient (Wildman–Crippen LogP) is 2.07. The maximum Gasteiger partial charge on any atom is 0.316 e. The minimum atomic E-state index is -0.189. The molecule has 0 amide bonds. The summed E-state index contributed by atoms with van der Waals surface area (Å²) in [6.45, 7) is 8.57. The van der Waals surface area contributed by atoms with E-state index in [1.54, 1.807) is 6.20 Å². The largest absolute Gasteiger partial charge is 0.486 e. The first-order chi connectivity index (χ1) is 12.6. The maximum absolute atomic E-state index is 13.2. The Balaban J connectivity index is 1.69. The number of nitrogens with one attached hydrogen (secondary N) is 1. The van der Waals surface area contributed by atoms with Gasteiger partial charge in [-0.1, -0.05) is 32.0 Å². The Hall–Kier alpha value is -2.34. The van der Waals surface area contributed by atoms with E-state index in [2.05, 4.69) is 29.2 Å². The summed E-state index contributed by atoms with van der Waals surface area (Å²) >= 11 is 0. The molecule has 1 atom stereocenters. The van der Waals surface area contributed by atoms with Crippen LogP contribution < -0.4 is 20.5 Å². The van der Waals surface area contributed by atoms with Crippen LogP contribution in [0.25, 0.3) is 5.69 Å². The Morgan fingerprint density at radius 2 is 1.92 bits per heavy atom. The molecule has 1 aliphatic carbocycles. The van der Waals surface area contributed by atoms with E-state index < -0.39 is 0 Å². The van der Waals surface area contributed by atoms with Gasteiger partial charge >= 0.3 is 5.56 Å². The van der Waals surface area contributed by atoms with Gasteiger partial charge in [-0.15, -0.1) is 0 Å². The van der Waals surface area contributed by atoms with E-state index in [-0.39, 0.29) is 5.56 Å². The van der Waals surface area contributed by atoms with Gasteiger partial charge in [-0.3, -0.25) is 4.79 Å². The van der Waals surface area contributed by atoms with Crippen molar-refractivity contribution >= 4 is 5.69 Å². The highest BCUT2D eigenvalue weighted by atomic mass is 16.5. The number of piperazine rings is 1. The molecule has 2 heterocycles. The fourth-order valence-corrected chi connectivity index (χ4v) is 3.49. The summed E-state index contributed by atoms with van der Waals surface area (Å²) in [7, 11) is 0. The second-order valence-electron chi connectivity index (χ2n) is 7.85. The van der Waals surface area contributed by atoms with E-state index in [4.69, 9.17) is 4.74 Å². The molecular formula is C20H26N4O2. The lowest BCUT2D eigenvalue weighted by atomic mass is 10.1. The normalized spacial score (nSPS) is 21.5. The van der Waals surface area contributed by atoms with Gasteiger partial charge in [-0.05, 0) is 29.9 Å². The second kappa shape index (κ2) is 6.76. The standard InChI is InChI=1S/C20H26N4O2/c1-20(2)12-15(20)14-26-18-17(23-10-8-21-9-11-23)13-22-24(19(18)25)16-6-4-3-5-7-16/h3-7,13,15,21H,8-12,14H2,1-2H3. The summed E-state index contributed by atoms with van der Waals surface area (Å²) in [6.07, 6.45) is 2.92. The van der Waals surface area contributed by atoms with Crippen molar-refractivity contribution in [3.63, 3.8) is 0 Å². The van der Waals surface area contributed by atoms with Gasteiger partial charge in [0.15, 0.2) is 0 Å². The number of benzene rings is 1. The topological polar surface area (TPSA) is 59.4 Å². The number of para-hydroxylation sites is 1. The Labute approximate surface area is 153 Å². The van der Waals surface area contributed by atoms with Crippen LogP contribution in [0.15, 0.2) is 41.3 Å². The van der Waals surface area contributed by atoms with Crippen molar-refractivity contribution in [2.45, 2.75) is 20.3 Å². The van der Waals surface area contributed by atoms with Gasteiger partial charge in [-0.25, -0.2) is 0 Å². The molecule has 1 aromatic heterocycles. The SMILES string of the molecule is CC1(C)CC1COc1c(N2CCNCC2)cnn(-c2ccccc2)c1=O. The zero-order valence-electron chi connectivity index (χ0n) is 15.4. The van der Waals surface area contributed by atoms with Crippen LogP contribution in [0, 0.1) is 11.3 Å². The molecule has 138 valence electrons. The van der Waals surface area contributed by atoms with E-state index in [1.807, 2.05) is 30.3 Å². The average molecular weight is 354 g/mol. The summed E-state index contributed by atoms with van der Waals surface area (Å²) < 4.78 is 7.54. The molecule has 1 saturated heterocycles. The highest BCUT2D eigenvalue weighted by Gasteiger charge is 2.46. The monoisotopic (exact) mass is 354 g/mol. The first-order valence-electron chi connectivity index (χ1n) is 9.32. The third-order valence-corrected chi connectivity index (χ3v) is 5.52. The Morgan fingerprint density at radius 3 is 2.58 bits per heavy atom. The molecule has 1 aliphatic heterocycles. The molecule has 4 rings (SSSR count). The molecular weight excluding hydrogens is 328 g/mol. The molecule has 6 heteroatoms. The lowest BCUT2D eigenvalue weighted by Gasteiger charge is -2.30. The third-order valence-electron chi connectivity index (χ3n) is 5.52. The molecule has 2 aliphatic rings. The number of ether oxygens (including phenoxy) is 1. The first-order valence-corrected chi connectivity index (χ1v) is 9.32. The summed E-state index contributed by atoms with van der Waals surface area (Å²) in [5.41, 5.74) is 1.69. The second-order valence-corrected chi connectivity index (χ2v) is 7.85. The molecule has 0 spiro atoms. The molecule has 1 aromatic carbocycles. The molecule has 6 nitrogen and oxygen atoms in total. The highest BCUT2D eigenvalue weighted by molar-refractivity contribution is 5.57. The van der Waals surface area contributed by atoms with E-state index in [0.29, 0.717) is 23.7 Å². The summed E-state index contributed by atoms with van der Waals surface area (Å²) in [6, 6.07) is 9.50. The van der Waals surface area contributed by atoms with Gasteiger partial charge in [-0.2, -0.15) is 9.78 Å². The molecule has 0 radical (unpaired) electrons. The molecule has 1 unspecified atom stereocenters. The zero-order valence-corrected chi connectivity index (χ0v) is 15.4. The summed E-state index contributed by atoms with van der Waals surface area (Å²) in [4.78, 5) is 15.3. The van der Waals surface area contributed by atoms with Crippen LogP contribution in [0.5, 0.6) is 5.75 Å². The van der Waals surface area contributed by atoms with Gasteiger partial charge in [0.1, 0.15) is 5.69 Å². The Kier molecular flexibility index (Phi) is 4.44. The van der Waals surface area contributed by atoms with Crippen LogP contribution in [0.1, 0.15) is 20.3 Å². The lowest BCUT2D eigenvalue weighted by molar-refractivity contribution is 0.274. The first kappa shape index (κ1) is 17.1. The van der Waals surface area contributed by atoms with Crippen LogP contribution >= 0.6 is 0 Å². The van der Waals surface area contributed by atoms with Crippen LogP contribution in [-0.2, 0) is 0 Å². The van der Waals surface area contributed by atoms with Crippen molar-refractivity contribution in [1.82, 2.24) is 15.1 Å². The van der Waals surface area contributed by atoms with Crippen molar-refractivity contribution in [2.75, 3.05) is 37.7 Å². The van der Waals surface area contributed by atoms with Crippen LogP contribution in [0.4, 0.5) is 5.69 Å². The highest BCUT2D eigenvalue weighted by Crippen LogP contribution is 2.51. The predicted molar refractivity (Wildman–Crippen MR) is 102 cm³/mol. The van der Waals surface area contributed by atoms with Gasteiger partial charge < -0.3 is 15.0 Å². The number of hydrogen-bond acceptors (Lipinski definition) is 5. The molecule has 0 bridgehead atoms. The van der Waals surface area contributed by atoms with E-state index >= 15 is 0 Å². The van der Waals surface area contributed by atoms with E-state index in [1.165, 1.54) is 4.68 Å². The van der Waals surface area contributed by atoms with Crippen molar-refractivity contribution < 1.29 is 4.74 Å². The number of rotatable bonds is 5. The van der Waals surface area contributed by atoms with Gasteiger partial charge in [0.2, 0.25) is 5.75 Å². The number of nitrogens with zero attached hydrogens (tertiary/aromatic N) is 3. The van der Waals surface area contributed by atoms with Gasteiger partial charge in [0, 0.05) is 26.2 Å². The van der Waals surface area contributed by atoms with Crippen molar-refractivity contribution in [1.29, 1.82) is 0 Å².